The van der Waals surface area contributed by atoms with Crippen LogP contribution in [0.3, 0.4) is 0 Å². The van der Waals surface area contributed by atoms with E-state index in [4.69, 9.17) is 0 Å². The monoisotopic (exact) mass is 225 g/mol. The summed E-state index contributed by atoms with van der Waals surface area (Å²) in [5, 5.41) is 3.57. The Morgan fingerprint density at radius 1 is 1.12 bits per heavy atom. The van der Waals surface area contributed by atoms with E-state index in [-0.39, 0.29) is 0 Å². The Balaban J connectivity index is 1.65. The van der Waals surface area contributed by atoms with Crippen LogP contribution in [0, 0.1) is 5.92 Å². The van der Waals surface area contributed by atoms with Crippen molar-refractivity contribution in [1.29, 1.82) is 0 Å². The summed E-state index contributed by atoms with van der Waals surface area (Å²) in [7, 11) is 2.25. The molecule has 0 amide bonds. The second kappa shape index (κ2) is 5.99. The third-order valence-corrected chi connectivity index (χ3v) is 4.09. The van der Waals surface area contributed by atoms with Gasteiger partial charge in [-0.25, -0.2) is 0 Å². The second-order valence-corrected chi connectivity index (χ2v) is 5.55. The van der Waals surface area contributed by atoms with Gasteiger partial charge >= 0.3 is 0 Å². The maximum absolute atomic E-state index is 3.57. The highest BCUT2D eigenvalue weighted by Crippen LogP contribution is 2.18. The van der Waals surface area contributed by atoms with Crippen LogP contribution in [0.5, 0.6) is 0 Å². The molecular formula is C13H27N3. The summed E-state index contributed by atoms with van der Waals surface area (Å²) >= 11 is 0. The van der Waals surface area contributed by atoms with Crippen molar-refractivity contribution in [2.24, 2.45) is 5.92 Å². The molecule has 1 N–H and O–H groups in total. The predicted octanol–water partition coefficient (Wildman–Crippen LogP) is 1.01. The molecule has 0 radical (unpaired) electrons. The molecule has 2 heterocycles. The zero-order valence-corrected chi connectivity index (χ0v) is 10.9. The van der Waals surface area contributed by atoms with Gasteiger partial charge in [-0.1, -0.05) is 6.92 Å². The summed E-state index contributed by atoms with van der Waals surface area (Å²) in [4.78, 5) is 5.15. The van der Waals surface area contributed by atoms with Crippen molar-refractivity contribution in [2.45, 2.75) is 32.2 Å². The number of hydrogen-bond acceptors (Lipinski definition) is 3. The summed E-state index contributed by atoms with van der Waals surface area (Å²) in [5.41, 5.74) is 0. The molecule has 0 aromatic carbocycles. The van der Waals surface area contributed by atoms with Gasteiger partial charge in [-0.3, -0.25) is 0 Å². The second-order valence-electron chi connectivity index (χ2n) is 5.55. The summed E-state index contributed by atoms with van der Waals surface area (Å²) in [6.45, 7) is 9.89. The molecule has 2 aliphatic heterocycles. The average Bonchev–Trinajstić information content (AvgIpc) is 2.67. The lowest BCUT2D eigenvalue weighted by Gasteiger charge is -2.33. The molecule has 2 saturated heterocycles. The standard InChI is InChI=1S/C13H27N3/c1-3-14-13-5-8-16(9-6-13)11-12-4-7-15(2)10-12/h12-14H,3-11H2,1-2H3. The van der Waals surface area contributed by atoms with Crippen molar-refractivity contribution in [3.63, 3.8) is 0 Å². The molecular weight excluding hydrogens is 198 g/mol. The van der Waals surface area contributed by atoms with Crippen molar-refractivity contribution in [3.05, 3.63) is 0 Å². The van der Waals surface area contributed by atoms with E-state index in [2.05, 4.69) is 29.1 Å². The van der Waals surface area contributed by atoms with Crippen molar-refractivity contribution in [3.8, 4) is 0 Å². The van der Waals surface area contributed by atoms with Gasteiger partial charge in [0.2, 0.25) is 0 Å². The van der Waals surface area contributed by atoms with Crippen molar-refractivity contribution in [2.75, 3.05) is 46.3 Å². The first-order valence-electron chi connectivity index (χ1n) is 6.92. The van der Waals surface area contributed by atoms with Crippen LogP contribution < -0.4 is 5.32 Å². The highest BCUT2D eigenvalue weighted by atomic mass is 15.2. The van der Waals surface area contributed by atoms with Crippen LogP contribution in [0.4, 0.5) is 0 Å². The lowest BCUT2D eigenvalue weighted by molar-refractivity contribution is 0.173. The molecule has 94 valence electrons. The molecule has 3 heteroatoms. The lowest BCUT2D eigenvalue weighted by atomic mass is 10.0. The van der Waals surface area contributed by atoms with Gasteiger partial charge in [0.15, 0.2) is 0 Å². The highest BCUT2D eigenvalue weighted by Gasteiger charge is 2.24. The smallest absolute Gasteiger partial charge is 0.00912 e. The Morgan fingerprint density at radius 2 is 1.88 bits per heavy atom. The van der Waals surface area contributed by atoms with Crippen LogP contribution in [0.15, 0.2) is 0 Å². The molecule has 2 aliphatic rings. The molecule has 3 nitrogen and oxygen atoms in total. The number of likely N-dealkylation sites (tertiary alicyclic amines) is 2. The molecule has 0 aliphatic carbocycles. The molecule has 16 heavy (non-hydrogen) atoms. The Bertz CT molecular complexity index is 199. The molecule has 2 rings (SSSR count). The van der Waals surface area contributed by atoms with Crippen LogP contribution in [-0.4, -0.2) is 62.2 Å². The van der Waals surface area contributed by atoms with Crippen LogP contribution in [0.1, 0.15) is 26.2 Å². The van der Waals surface area contributed by atoms with E-state index < -0.39 is 0 Å². The van der Waals surface area contributed by atoms with E-state index in [0.717, 1.165) is 18.5 Å². The molecule has 0 saturated carbocycles. The van der Waals surface area contributed by atoms with E-state index in [0.29, 0.717) is 0 Å². The number of nitrogens with zero attached hydrogens (tertiary/aromatic N) is 2. The molecule has 0 aromatic rings. The first kappa shape index (κ1) is 12.3. The van der Waals surface area contributed by atoms with Gasteiger partial charge in [-0.05, 0) is 58.4 Å². The Hall–Kier alpha value is -0.120. The van der Waals surface area contributed by atoms with Crippen LogP contribution >= 0.6 is 0 Å². The minimum Gasteiger partial charge on any atom is -0.314 e. The predicted molar refractivity (Wildman–Crippen MR) is 68.7 cm³/mol. The Labute approximate surface area is 100 Å². The zero-order chi connectivity index (χ0) is 11.4. The third kappa shape index (κ3) is 3.44. The van der Waals surface area contributed by atoms with Crippen LogP contribution in [0.2, 0.25) is 0 Å². The zero-order valence-electron chi connectivity index (χ0n) is 10.9. The summed E-state index contributed by atoms with van der Waals surface area (Å²) in [6.07, 6.45) is 4.09. The highest BCUT2D eigenvalue weighted by molar-refractivity contribution is 4.81. The maximum atomic E-state index is 3.57. The first-order chi connectivity index (χ1) is 7.78. The first-order valence-corrected chi connectivity index (χ1v) is 6.92. The van der Waals surface area contributed by atoms with Gasteiger partial charge in [0.05, 0.1) is 0 Å². The summed E-state index contributed by atoms with van der Waals surface area (Å²) < 4.78 is 0. The number of piperidine rings is 1. The molecule has 0 bridgehead atoms. The van der Waals surface area contributed by atoms with Crippen LogP contribution in [-0.2, 0) is 0 Å². The largest absolute Gasteiger partial charge is 0.314 e. The van der Waals surface area contributed by atoms with Gasteiger partial charge in [-0.15, -0.1) is 0 Å². The molecule has 2 fully saturated rings. The van der Waals surface area contributed by atoms with Crippen LogP contribution in [0.25, 0.3) is 0 Å². The summed E-state index contributed by atoms with van der Waals surface area (Å²) in [6, 6.07) is 0.785. The van der Waals surface area contributed by atoms with E-state index in [9.17, 15) is 0 Å². The molecule has 1 atom stereocenters. The summed E-state index contributed by atoms with van der Waals surface area (Å²) in [5.74, 6) is 0.931. The Kier molecular flexibility index (Phi) is 4.62. The van der Waals surface area contributed by atoms with Crippen molar-refractivity contribution in [1.82, 2.24) is 15.1 Å². The fraction of sp³-hybridized carbons (Fsp3) is 1.00. The lowest BCUT2D eigenvalue weighted by Crippen LogP contribution is -2.44. The number of nitrogens with one attached hydrogen (secondary N) is 1. The normalized spacial score (nSPS) is 30.0. The SMILES string of the molecule is CCNC1CCN(CC2CCN(C)C2)CC1. The fourth-order valence-electron chi connectivity index (χ4n) is 3.15. The van der Waals surface area contributed by atoms with E-state index >= 15 is 0 Å². The number of hydrogen-bond donors (Lipinski definition) is 1. The average molecular weight is 225 g/mol. The number of rotatable bonds is 4. The van der Waals surface area contributed by atoms with E-state index in [1.807, 2.05) is 0 Å². The minimum atomic E-state index is 0.785. The van der Waals surface area contributed by atoms with Crippen molar-refractivity contribution < 1.29 is 0 Å². The van der Waals surface area contributed by atoms with Gasteiger partial charge in [0, 0.05) is 19.1 Å². The topological polar surface area (TPSA) is 18.5 Å². The quantitative estimate of drug-likeness (QED) is 0.770. The van der Waals surface area contributed by atoms with Crippen molar-refractivity contribution >= 4 is 0 Å². The van der Waals surface area contributed by atoms with Gasteiger partial charge in [0.1, 0.15) is 0 Å². The maximum Gasteiger partial charge on any atom is 0.00912 e. The van der Waals surface area contributed by atoms with E-state index in [1.165, 1.54) is 52.0 Å². The fourth-order valence-corrected chi connectivity index (χ4v) is 3.15. The van der Waals surface area contributed by atoms with Gasteiger partial charge in [0.25, 0.3) is 0 Å². The van der Waals surface area contributed by atoms with Gasteiger partial charge < -0.3 is 15.1 Å². The Morgan fingerprint density at radius 3 is 2.44 bits per heavy atom. The third-order valence-electron chi connectivity index (χ3n) is 4.09. The molecule has 0 spiro atoms. The molecule has 1 unspecified atom stereocenters. The minimum absolute atomic E-state index is 0.785. The van der Waals surface area contributed by atoms with Gasteiger partial charge in [-0.2, -0.15) is 0 Å². The van der Waals surface area contributed by atoms with E-state index in [1.54, 1.807) is 0 Å². The molecule has 0 aromatic heterocycles.